The van der Waals surface area contributed by atoms with Crippen LogP contribution in [0.3, 0.4) is 0 Å². The Balaban J connectivity index is 3.76. The van der Waals surface area contributed by atoms with Crippen molar-refractivity contribution in [2.75, 3.05) is 27.2 Å². The van der Waals surface area contributed by atoms with Crippen LogP contribution < -0.4 is 5.32 Å². The molecule has 2 N–H and O–H groups in total. The van der Waals surface area contributed by atoms with Crippen molar-refractivity contribution in [2.24, 2.45) is 0 Å². The quantitative estimate of drug-likeness (QED) is 0.625. The third kappa shape index (κ3) is 6.38. The molecule has 2 amide bonds. The first kappa shape index (κ1) is 12.9. The molecule has 0 aliphatic carbocycles. The minimum atomic E-state index is -0.777. The fraction of sp³-hybridized carbons (Fsp3) is 0.750. The van der Waals surface area contributed by atoms with E-state index in [0.29, 0.717) is 6.54 Å². The number of ether oxygens (including phenoxy) is 1. The van der Waals surface area contributed by atoms with Crippen molar-refractivity contribution >= 4 is 12.0 Å². The Morgan fingerprint density at radius 1 is 1.57 bits per heavy atom. The number of likely N-dealkylation sites (N-methyl/N-ethyl adjacent to an activating group) is 1. The molecule has 0 bridgehead atoms. The lowest BCUT2D eigenvalue weighted by Gasteiger charge is -2.16. The molecule has 0 aliphatic rings. The number of aliphatic hydroxyl groups excluding tert-OH is 1. The highest BCUT2D eigenvalue weighted by atomic mass is 16.5. The van der Waals surface area contributed by atoms with Crippen LogP contribution in [0.4, 0.5) is 4.79 Å². The van der Waals surface area contributed by atoms with Gasteiger partial charge in [0.05, 0.1) is 19.8 Å². The summed E-state index contributed by atoms with van der Waals surface area (Å²) in [5, 5.41) is 11.0. The van der Waals surface area contributed by atoms with Crippen LogP contribution in [0, 0.1) is 0 Å². The maximum atomic E-state index is 11.1. The van der Waals surface area contributed by atoms with Gasteiger partial charge in [-0.15, -0.1) is 0 Å². The summed E-state index contributed by atoms with van der Waals surface area (Å²) in [6, 6.07) is 0. The van der Waals surface area contributed by atoms with Crippen LogP contribution in [0.2, 0.25) is 0 Å². The van der Waals surface area contributed by atoms with Gasteiger partial charge in [-0.05, 0) is 14.0 Å². The van der Waals surface area contributed by atoms with E-state index in [0.717, 1.165) is 0 Å². The van der Waals surface area contributed by atoms with Crippen LogP contribution in [0.25, 0.3) is 0 Å². The van der Waals surface area contributed by atoms with Gasteiger partial charge in [0.25, 0.3) is 0 Å². The standard InChI is InChI=1S/C8H16N2O4/c1-6(11)4-10(2)5-7(12)9-8(13)14-3/h6,11H,4-5H2,1-3H3,(H,9,12,13). The van der Waals surface area contributed by atoms with E-state index in [4.69, 9.17) is 5.11 Å². The van der Waals surface area contributed by atoms with E-state index in [1.807, 2.05) is 5.32 Å². The van der Waals surface area contributed by atoms with Crippen LogP contribution in [0.5, 0.6) is 0 Å². The van der Waals surface area contributed by atoms with Crippen molar-refractivity contribution in [3.05, 3.63) is 0 Å². The third-order valence-corrected chi connectivity index (χ3v) is 1.42. The zero-order valence-corrected chi connectivity index (χ0v) is 8.61. The van der Waals surface area contributed by atoms with Crippen LogP contribution >= 0.6 is 0 Å². The maximum Gasteiger partial charge on any atom is 0.413 e. The molecular formula is C8H16N2O4. The summed E-state index contributed by atoms with van der Waals surface area (Å²) in [6.45, 7) is 2.03. The Morgan fingerprint density at radius 3 is 2.57 bits per heavy atom. The minimum absolute atomic E-state index is 0.0417. The Morgan fingerprint density at radius 2 is 2.14 bits per heavy atom. The van der Waals surface area contributed by atoms with Crippen molar-refractivity contribution in [2.45, 2.75) is 13.0 Å². The summed E-state index contributed by atoms with van der Waals surface area (Å²) in [4.78, 5) is 23.3. The second-order valence-corrected chi connectivity index (χ2v) is 3.09. The predicted octanol–water partition coefficient (Wildman–Crippen LogP) is -0.818. The van der Waals surface area contributed by atoms with Crippen LogP contribution in [0.15, 0.2) is 0 Å². The monoisotopic (exact) mass is 204 g/mol. The SMILES string of the molecule is COC(=O)NC(=O)CN(C)CC(C)O. The first-order chi connectivity index (χ1) is 6.45. The summed E-state index contributed by atoms with van der Waals surface area (Å²) in [6.07, 6.45) is -1.29. The number of carbonyl (C=O) groups excluding carboxylic acids is 2. The number of imide groups is 1. The molecular weight excluding hydrogens is 188 g/mol. The molecule has 0 rings (SSSR count). The molecule has 0 aromatic heterocycles. The predicted molar refractivity (Wildman–Crippen MR) is 49.7 cm³/mol. The smallest absolute Gasteiger partial charge is 0.413 e. The number of hydrogen-bond acceptors (Lipinski definition) is 5. The number of nitrogens with zero attached hydrogens (tertiary/aromatic N) is 1. The number of rotatable bonds is 4. The van der Waals surface area contributed by atoms with E-state index in [9.17, 15) is 9.59 Å². The van der Waals surface area contributed by atoms with Gasteiger partial charge in [0.15, 0.2) is 0 Å². The van der Waals surface area contributed by atoms with E-state index in [1.54, 1.807) is 18.9 Å². The van der Waals surface area contributed by atoms with Gasteiger partial charge in [-0.3, -0.25) is 15.0 Å². The van der Waals surface area contributed by atoms with Gasteiger partial charge in [0, 0.05) is 6.54 Å². The van der Waals surface area contributed by atoms with E-state index in [1.165, 1.54) is 7.11 Å². The Kier molecular flexibility index (Phi) is 5.82. The number of alkyl carbamates (subject to hydrolysis) is 1. The fourth-order valence-electron chi connectivity index (χ4n) is 0.965. The highest BCUT2D eigenvalue weighted by Crippen LogP contribution is 1.87. The van der Waals surface area contributed by atoms with Gasteiger partial charge in [0.2, 0.25) is 5.91 Å². The molecule has 0 heterocycles. The lowest BCUT2D eigenvalue weighted by atomic mass is 10.3. The maximum absolute atomic E-state index is 11.1. The summed E-state index contributed by atoms with van der Waals surface area (Å²) < 4.78 is 4.24. The van der Waals surface area contributed by atoms with Gasteiger partial charge in [-0.25, -0.2) is 4.79 Å². The molecule has 0 spiro atoms. The summed E-state index contributed by atoms with van der Waals surface area (Å²) in [5.41, 5.74) is 0. The van der Waals surface area contributed by atoms with Gasteiger partial charge in [-0.2, -0.15) is 0 Å². The van der Waals surface area contributed by atoms with Gasteiger partial charge >= 0.3 is 6.09 Å². The minimum Gasteiger partial charge on any atom is -0.453 e. The lowest BCUT2D eigenvalue weighted by molar-refractivity contribution is -0.121. The summed E-state index contributed by atoms with van der Waals surface area (Å²) in [7, 11) is 2.85. The number of amides is 2. The highest BCUT2D eigenvalue weighted by Gasteiger charge is 2.11. The molecule has 1 unspecified atom stereocenters. The topological polar surface area (TPSA) is 78.9 Å². The Bertz CT molecular complexity index is 206. The van der Waals surface area contributed by atoms with Gasteiger partial charge in [0.1, 0.15) is 0 Å². The number of nitrogens with one attached hydrogen (secondary N) is 1. The third-order valence-electron chi connectivity index (χ3n) is 1.42. The van der Waals surface area contributed by atoms with Crippen molar-refractivity contribution < 1.29 is 19.4 Å². The van der Waals surface area contributed by atoms with Crippen molar-refractivity contribution in [1.82, 2.24) is 10.2 Å². The van der Waals surface area contributed by atoms with Crippen LogP contribution in [-0.2, 0) is 9.53 Å². The average Bonchev–Trinajstić information content (AvgIpc) is 2.01. The van der Waals surface area contributed by atoms with Gasteiger partial charge in [-0.1, -0.05) is 0 Å². The lowest BCUT2D eigenvalue weighted by Crippen LogP contribution is -2.40. The van der Waals surface area contributed by atoms with Crippen LogP contribution in [0.1, 0.15) is 6.92 Å². The molecule has 6 heteroatoms. The summed E-state index contributed by atoms with van der Waals surface area (Å²) in [5.74, 6) is -0.458. The fourth-order valence-corrected chi connectivity index (χ4v) is 0.965. The van der Waals surface area contributed by atoms with Crippen molar-refractivity contribution in [1.29, 1.82) is 0 Å². The summed E-state index contributed by atoms with van der Waals surface area (Å²) >= 11 is 0. The van der Waals surface area contributed by atoms with Crippen molar-refractivity contribution in [3.8, 4) is 0 Å². The second kappa shape index (κ2) is 6.33. The zero-order chi connectivity index (χ0) is 11.1. The molecule has 0 saturated heterocycles. The molecule has 6 nitrogen and oxygen atoms in total. The molecule has 14 heavy (non-hydrogen) atoms. The molecule has 1 atom stereocenters. The van der Waals surface area contributed by atoms with Crippen molar-refractivity contribution in [3.63, 3.8) is 0 Å². The Hall–Kier alpha value is -1.14. The molecule has 0 aromatic carbocycles. The highest BCUT2D eigenvalue weighted by molar-refractivity contribution is 5.92. The van der Waals surface area contributed by atoms with Gasteiger partial charge < -0.3 is 9.84 Å². The van der Waals surface area contributed by atoms with E-state index >= 15 is 0 Å². The largest absolute Gasteiger partial charge is 0.453 e. The molecule has 82 valence electrons. The molecule has 0 fully saturated rings. The molecule has 0 saturated carbocycles. The number of carbonyl (C=O) groups is 2. The number of methoxy groups -OCH3 is 1. The Labute approximate surface area is 82.8 Å². The zero-order valence-electron chi connectivity index (χ0n) is 8.61. The first-order valence-electron chi connectivity index (χ1n) is 4.20. The van der Waals surface area contributed by atoms with E-state index in [-0.39, 0.29) is 6.54 Å². The first-order valence-corrected chi connectivity index (χ1v) is 4.20. The van der Waals surface area contributed by atoms with E-state index < -0.39 is 18.1 Å². The van der Waals surface area contributed by atoms with E-state index in [2.05, 4.69) is 4.74 Å². The molecule has 0 radical (unpaired) electrons. The molecule has 0 aromatic rings. The average molecular weight is 204 g/mol. The second-order valence-electron chi connectivity index (χ2n) is 3.09. The molecule has 0 aliphatic heterocycles. The number of aliphatic hydroxyl groups is 1. The normalized spacial score (nSPS) is 12.4. The van der Waals surface area contributed by atoms with Crippen LogP contribution in [-0.4, -0.2) is 55.4 Å². The number of hydrogen-bond donors (Lipinski definition) is 2.